The molecule has 1 spiro atoms. The number of benzene rings is 1. The Morgan fingerprint density at radius 2 is 1.90 bits per heavy atom. The summed E-state index contributed by atoms with van der Waals surface area (Å²) in [6.45, 7) is 4.99. The van der Waals surface area contributed by atoms with E-state index in [2.05, 4.69) is 41.8 Å². The summed E-state index contributed by atoms with van der Waals surface area (Å²) in [5.74, 6) is 1.21. The molecule has 1 saturated carbocycles. The van der Waals surface area contributed by atoms with Crippen molar-refractivity contribution in [2.45, 2.75) is 57.5 Å². The first-order chi connectivity index (χ1) is 10.3. The van der Waals surface area contributed by atoms with E-state index in [4.69, 9.17) is 4.99 Å². The molecule has 114 valence electrons. The Hall–Kier alpha value is -1.35. The molecule has 0 atom stereocenters. The molecule has 2 aliphatic rings. The first-order valence-corrected chi connectivity index (χ1v) is 8.38. The molecule has 3 rings (SSSR count). The van der Waals surface area contributed by atoms with E-state index in [1.54, 1.807) is 0 Å². The minimum Gasteiger partial charge on any atom is -0.368 e. The molecule has 3 nitrogen and oxygen atoms in total. The molecule has 0 saturated heterocycles. The van der Waals surface area contributed by atoms with Gasteiger partial charge in [-0.05, 0) is 30.9 Å². The van der Waals surface area contributed by atoms with Gasteiger partial charge in [0.1, 0.15) is 5.84 Å². The van der Waals surface area contributed by atoms with E-state index in [1.807, 2.05) is 0 Å². The molecule has 1 aromatic carbocycles. The SMILES string of the molecule is Cc1ccccc1CNC1=NCCNC12CCCCCC2. The molecule has 0 amide bonds. The first-order valence-electron chi connectivity index (χ1n) is 8.38. The van der Waals surface area contributed by atoms with Crippen molar-refractivity contribution in [1.82, 2.24) is 10.6 Å². The monoisotopic (exact) mass is 285 g/mol. The summed E-state index contributed by atoms with van der Waals surface area (Å²) in [5, 5.41) is 7.44. The van der Waals surface area contributed by atoms with Crippen LogP contribution in [0, 0.1) is 6.92 Å². The van der Waals surface area contributed by atoms with Crippen molar-refractivity contribution >= 4 is 5.84 Å². The molecule has 0 unspecified atom stereocenters. The van der Waals surface area contributed by atoms with Gasteiger partial charge in [-0.2, -0.15) is 0 Å². The number of hydrogen-bond acceptors (Lipinski definition) is 3. The number of amidine groups is 1. The lowest BCUT2D eigenvalue weighted by Gasteiger charge is -2.38. The quantitative estimate of drug-likeness (QED) is 0.875. The predicted molar refractivity (Wildman–Crippen MR) is 88.8 cm³/mol. The summed E-state index contributed by atoms with van der Waals surface area (Å²) in [6, 6.07) is 8.61. The van der Waals surface area contributed by atoms with E-state index in [0.29, 0.717) is 0 Å². The minimum atomic E-state index is 0.122. The number of hydrogen-bond donors (Lipinski definition) is 2. The zero-order valence-electron chi connectivity index (χ0n) is 13.1. The first kappa shape index (κ1) is 14.6. The van der Waals surface area contributed by atoms with E-state index < -0.39 is 0 Å². The molecule has 0 bridgehead atoms. The number of aliphatic imine (C=N–C) groups is 1. The lowest BCUT2D eigenvalue weighted by Crippen LogP contribution is -2.59. The zero-order chi connectivity index (χ0) is 14.5. The molecular weight excluding hydrogens is 258 g/mol. The Labute approximate surface area is 128 Å². The molecule has 0 aromatic heterocycles. The standard InChI is InChI=1S/C18H27N3/c1-15-8-4-5-9-16(15)14-20-17-18(21-13-12-19-17)10-6-2-3-7-11-18/h4-5,8-9,21H,2-3,6-7,10-14H2,1H3,(H,19,20). The molecule has 1 heterocycles. The highest BCUT2D eigenvalue weighted by Gasteiger charge is 2.37. The van der Waals surface area contributed by atoms with Crippen LogP contribution in [0.15, 0.2) is 29.3 Å². The Bertz CT molecular complexity index is 499. The maximum Gasteiger partial charge on any atom is 0.117 e. The van der Waals surface area contributed by atoms with Crippen LogP contribution in [0.4, 0.5) is 0 Å². The summed E-state index contributed by atoms with van der Waals surface area (Å²) in [4.78, 5) is 4.84. The summed E-state index contributed by atoms with van der Waals surface area (Å²) in [7, 11) is 0. The predicted octanol–water partition coefficient (Wildman–Crippen LogP) is 3.18. The Balaban J connectivity index is 1.73. The lowest BCUT2D eigenvalue weighted by molar-refractivity contribution is 0.363. The topological polar surface area (TPSA) is 36.4 Å². The molecule has 3 heteroatoms. The maximum absolute atomic E-state index is 4.84. The number of aryl methyl sites for hydroxylation is 1. The second-order valence-electron chi connectivity index (χ2n) is 6.43. The van der Waals surface area contributed by atoms with Gasteiger partial charge in [0.25, 0.3) is 0 Å². The van der Waals surface area contributed by atoms with Crippen LogP contribution in [0.3, 0.4) is 0 Å². The fourth-order valence-corrected chi connectivity index (χ4v) is 3.66. The van der Waals surface area contributed by atoms with Gasteiger partial charge in [-0.3, -0.25) is 4.99 Å². The average molecular weight is 285 g/mol. The third-order valence-corrected chi connectivity index (χ3v) is 4.96. The van der Waals surface area contributed by atoms with Gasteiger partial charge in [0.15, 0.2) is 0 Å². The minimum absolute atomic E-state index is 0.122. The number of nitrogens with one attached hydrogen (secondary N) is 2. The molecule has 1 aliphatic heterocycles. The van der Waals surface area contributed by atoms with Crippen molar-refractivity contribution in [1.29, 1.82) is 0 Å². The molecule has 1 aliphatic carbocycles. The van der Waals surface area contributed by atoms with Crippen molar-refractivity contribution < 1.29 is 0 Å². The highest BCUT2D eigenvalue weighted by Crippen LogP contribution is 2.29. The van der Waals surface area contributed by atoms with Crippen LogP contribution in [0.2, 0.25) is 0 Å². The van der Waals surface area contributed by atoms with Crippen LogP contribution in [-0.2, 0) is 6.54 Å². The highest BCUT2D eigenvalue weighted by molar-refractivity contribution is 5.92. The fourth-order valence-electron chi connectivity index (χ4n) is 3.66. The van der Waals surface area contributed by atoms with Gasteiger partial charge in [-0.25, -0.2) is 0 Å². The van der Waals surface area contributed by atoms with Gasteiger partial charge in [0.05, 0.1) is 12.1 Å². The summed E-state index contributed by atoms with van der Waals surface area (Å²) in [6.07, 6.45) is 7.83. The second kappa shape index (κ2) is 6.61. The van der Waals surface area contributed by atoms with Crippen molar-refractivity contribution in [3.63, 3.8) is 0 Å². The van der Waals surface area contributed by atoms with Crippen molar-refractivity contribution in [2.75, 3.05) is 13.1 Å². The fraction of sp³-hybridized carbons (Fsp3) is 0.611. The molecule has 2 N–H and O–H groups in total. The average Bonchev–Trinajstić information content (AvgIpc) is 2.74. The second-order valence-corrected chi connectivity index (χ2v) is 6.43. The van der Waals surface area contributed by atoms with Gasteiger partial charge in [0.2, 0.25) is 0 Å². The number of nitrogens with zero attached hydrogens (tertiary/aromatic N) is 1. The van der Waals surface area contributed by atoms with E-state index in [1.165, 1.54) is 55.5 Å². The van der Waals surface area contributed by atoms with Crippen LogP contribution in [0.1, 0.15) is 49.7 Å². The third kappa shape index (κ3) is 3.29. The van der Waals surface area contributed by atoms with Crippen LogP contribution in [0.5, 0.6) is 0 Å². The van der Waals surface area contributed by atoms with Crippen LogP contribution in [0.25, 0.3) is 0 Å². The van der Waals surface area contributed by atoms with Crippen LogP contribution in [-0.4, -0.2) is 24.5 Å². The third-order valence-electron chi connectivity index (χ3n) is 4.96. The van der Waals surface area contributed by atoms with Crippen LogP contribution >= 0.6 is 0 Å². The number of rotatable bonds is 2. The summed E-state index contributed by atoms with van der Waals surface area (Å²) < 4.78 is 0. The summed E-state index contributed by atoms with van der Waals surface area (Å²) >= 11 is 0. The van der Waals surface area contributed by atoms with Gasteiger partial charge in [-0.15, -0.1) is 0 Å². The Morgan fingerprint density at radius 3 is 2.67 bits per heavy atom. The van der Waals surface area contributed by atoms with E-state index in [0.717, 1.165) is 19.6 Å². The van der Waals surface area contributed by atoms with Gasteiger partial charge < -0.3 is 10.6 Å². The van der Waals surface area contributed by atoms with Gasteiger partial charge in [0, 0.05) is 13.1 Å². The lowest BCUT2D eigenvalue weighted by atomic mass is 9.87. The highest BCUT2D eigenvalue weighted by atomic mass is 15.1. The Kier molecular flexibility index (Phi) is 4.59. The van der Waals surface area contributed by atoms with Crippen molar-refractivity contribution in [3.8, 4) is 0 Å². The van der Waals surface area contributed by atoms with E-state index in [-0.39, 0.29) is 5.54 Å². The Morgan fingerprint density at radius 1 is 1.14 bits per heavy atom. The van der Waals surface area contributed by atoms with Gasteiger partial charge in [-0.1, -0.05) is 49.9 Å². The largest absolute Gasteiger partial charge is 0.368 e. The maximum atomic E-state index is 4.84. The van der Waals surface area contributed by atoms with Crippen molar-refractivity contribution in [3.05, 3.63) is 35.4 Å². The molecule has 0 radical (unpaired) electrons. The smallest absolute Gasteiger partial charge is 0.117 e. The van der Waals surface area contributed by atoms with Crippen molar-refractivity contribution in [2.24, 2.45) is 4.99 Å². The zero-order valence-corrected chi connectivity index (χ0v) is 13.1. The van der Waals surface area contributed by atoms with E-state index in [9.17, 15) is 0 Å². The normalized spacial score (nSPS) is 21.7. The molecule has 1 fully saturated rings. The molecular formula is C18H27N3. The molecule has 21 heavy (non-hydrogen) atoms. The summed E-state index contributed by atoms with van der Waals surface area (Å²) in [5.41, 5.74) is 2.84. The van der Waals surface area contributed by atoms with E-state index >= 15 is 0 Å². The molecule has 1 aromatic rings. The van der Waals surface area contributed by atoms with Gasteiger partial charge >= 0.3 is 0 Å². The van der Waals surface area contributed by atoms with Crippen LogP contribution < -0.4 is 10.6 Å².